The second-order valence-electron chi connectivity index (χ2n) is 6.34. The molecular formula is C22H23N3O3. The first-order valence-electron chi connectivity index (χ1n) is 9.23. The van der Waals surface area contributed by atoms with Crippen molar-refractivity contribution in [2.75, 3.05) is 6.61 Å². The van der Waals surface area contributed by atoms with Crippen LogP contribution in [0.3, 0.4) is 0 Å². The highest BCUT2D eigenvalue weighted by Gasteiger charge is 2.17. The Bertz CT molecular complexity index is 982. The van der Waals surface area contributed by atoms with E-state index in [9.17, 15) is 9.59 Å². The van der Waals surface area contributed by atoms with Crippen LogP contribution in [-0.4, -0.2) is 22.3 Å². The van der Waals surface area contributed by atoms with Crippen molar-refractivity contribution in [1.82, 2.24) is 15.1 Å². The summed E-state index contributed by atoms with van der Waals surface area (Å²) in [5.41, 5.74) is 2.13. The monoisotopic (exact) mass is 377 g/mol. The lowest BCUT2D eigenvalue weighted by Gasteiger charge is -2.15. The Hall–Kier alpha value is -3.41. The molecule has 1 amide bonds. The number of nitrogens with one attached hydrogen (secondary N) is 1. The largest absolute Gasteiger partial charge is 0.494 e. The van der Waals surface area contributed by atoms with E-state index in [0.29, 0.717) is 18.8 Å². The third kappa shape index (κ3) is 4.65. The van der Waals surface area contributed by atoms with Crippen LogP contribution >= 0.6 is 0 Å². The van der Waals surface area contributed by atoms with Crippen LogP contribution < -0.4 is 15.6 Å². The van der Waals surface area contributed by atoms with Crippen LogP contribution in [0.2, 0.25) is 0 Å². The normalized spacial score (nSPS) is 11.6. The molecule has 1 heterocycles. The van der Waals surface area contributed by atoms with Gasteiger partial charge in [-0.2, -0.15) is 5.10 Å². The van der Waals surface area contributed by atoms with Gasteiger partial charge < -0.3 is 10.1 Å². The lowest BCUT2D eigenvalue weighted by molar-refractivity contribution is -0.124. The molecule has 1 N–H and O–H groups in total. The van der Waals surface area contributed by atoms with Gasteiger partial charge in [0, 0.05) is 18.2 Å². The first-order valence-corrected chi connectivity index (χ1v) is 9.23. The summed E-state index contributed by atoms with van der Waals surface area (Å²) in [7, 11) is 0. The Kier molecular flexibility index (Phi) is 6.22. The Morgan fingerprint density at radius 2 is 1.79 bits per heavy atom. The lowest BCUT2D eigenvalue weighted by atomic mass is 10.1. The molecule has 6 heteroatoms. The molecule has 0 saturated heterocycles. The summed E-state index contributed by atoms with van der Waals surface area (Å²) in [4.78, 5) is 24.8. The predicted octanol–water partition coefficient (Wildman–Crippen LogP) is 3.19. The fourth-order valence-corrected chi connectivity index (χ4v) is 2.79. The van der Waals surface area contributed by atoms with E-state index in [-0.39, 0.29) is 11.5 Å². The fourth-order valence-electron chi connectivity index (χ4n) is 2.79. The SMILES string of the molecule is CCOc1ccc(-c2ccc(=O)n(C(C)C(=O)NCc3ccccc3)n2)cc1. The number of hydrogen-bond acceptors (Lipinski definition) is 4. The Balaban J connectivity index is 1.76. The minimum Gasteiger partial charge on any atom is -0.494 e. The number of rotatable bonds is 7. The summed E-state index contributed by atoms with van der Waals surface area (Å²) in [5.74, 6) is 0.510. The number of benzene rings is 2. The van der Waals surface area contributed by atoms with Gasteiger partial charge in [0.2, 0.25) is 5.91 Å². The number of nitrogens with zero attached hydrogens (tertiary/aromatic N) is 2. The maximum absolute atomic E-state index is 12.5. The maximum Gasteiger partial charge on any atom is 0.267 e. The van der Waals surface area contributed by atoms with Gasteiger partial charge >= 0.3 is 0 Å². The highest BCUT2D eigenvalue weighted by Crippen LogP contribution is 2.20. The van der Waals surface area contributed by atoms with Crippen molar-refractivity contribution in [3.8, 4) is 17.0 Å². The van der Waals surface area contributed by atoms with Crippen molar-refractivity contribution in [3.05, 3.63) is 82.6 Å². The number of aromatic nitrogens is 2. The number of hydrogen-bond donors (Lipinski definition) is 1. The molecule has 0 radical (unpaired) electrons. The van der Waals surface area contributed by atoms with Gasteiger partial charge in [0.1, 0.15) is 11.8 Å². The molecule has 0 saturated carbocycles. The summed E-state index contributed by atoms with van der Waals surface area (Å²) in [5, 5.41) is 7.25. The van der Waals surface area contributed by atoms with E-state index in [4.69, 9.17) is 4.74 Å². The van der Waals surface area contributed by atoms with Crippen LogP contribution in [-0.2, 0) is 11.3 Å². The number of ether oxygens (including phenoxy) is 1. The number of carbonyl (C=O) groups excluding carboxylic acids is 1. The second kappa shape index (κ2) is 8.99. The molecule has 2 aromatic carbocycles. The Morgan fingerprint density at radius 3 is 2.46 bits per heavy atom. The van der Waals surface area contributed by atoms with Gasteiger partial charge in [0.25, 0.3) is 5.56 Å². The van der Waals surface area contributed by atoms with Gasteiger partial charge in [-0.05, 0) is 49.7 Å². The quantitative estimate of drug-likeness (QED) is 0.686. The van der Waals surface area contributed by atoms with Crippen LogP contribution in [0.1, 0.15) is 25.5 Å². The van der Waals surface area contributed by atoms with E-state index in [1.165, 1.54) is 10.7 Å². The molecule has 1 aromatic heterocycles. The zero-order chi connectivity index (χ0) is 19.9. The van der Waals surface area contributed by atoms with E-state index in [1.54, 1.807) is 13.0 Å². The Labute approximate surface area is 163 Å². The molecule has 1 unspecified atom stereocenters. The first kappa shape index (κ1) is 19.4. The molecular weight excluding hydrogens is 354 g/mol. The summed E-state index contributed by atoms with van der Waals surface area (Å²) in [6, 6.07) is 19.4. The molecule has 3 rings (SSSR count). The highest BCUT2D eigenvalue weighted by atomic mass is 16.5. The van der Waals surface area contributed by atoms with Crippen molar-refractivity contribution >= 4 is 5.91 Å². The van der Waals surface area contributed by atoms with E-state index < -0.39 is 6.04 Å². The third-order valence-electron chi connectivity index (χ3n) is 4.34. The van der Waals surface area contributed by atoms with Gasteiger partial charge in [0.05, 0.1) is 12.3 Å². The second-order valence-corrected chi connectivity index (χ2v) is 6.34. The van der Waals surface area contributed by atoms with Crippen molar-refractivity contribution in [2.24, 2.45) is 0 Å². The highest BCUT2D eigenvalue weighted by molar-refractivity contribution is 5.79. The number of amides is 1. The smallest absolute Gasteiger partial charge is 0.267 e. The molecule has 144 valence electrons. The van der Waals surface area contributed by atoms with E-state index in [2.05, 4.69) is 10.4 Å². The average molecular weight is 377 g/mol. The lowest BCUT2D eigenvalue weighted by Crippen LogP contribution is -2.36. The van der Waals surface area contributed by atoms with Gasteiger partial charge in [-0.15, -0.1) is 0 Å². The number of carbonyl (C=O) groups is 1. The van der Waals surface area contributed by atoms with Crippen LogP contribution in [0.25, 0.3) is 11.3 Å². The van der Waals surface area contributed by atoms with Crippen LogP contribution in [0.5, 0.6) is 5.75 Å². The molecule has 1 atom stereocenters. The summed E-state index contributed by atoms with van der Waals surface area (Å²) < 4.78 is 6.66. The van der Waals surface area contributed by atoms with Crippen LogP contribution in [0.15, 0.2) is 71.5 Å². The average Bonchev–Trinajstić information content (AvgIpc) is 2.73. The van der Waals surface area contributed by atoms with Gasteiger partial charge in [-0.25, -0.2) is 4.68 Å². The van der Waals surface area contributed by atoms with Gasteiger partial charge in [0.15, 0.2) is 0 Å². The maximum atomic E-state index is 12.5. The standard InChI is InChI=1S/C22H23N3O3/c1-3-28-19-11-9-18(10-12-19)20-13-14-21(26)25(24-20)16(2)22(27)23-15-17-7-5-4-6-8-17/h4-14,16H,3,15H2,1-2H3,(H,23,27). The minimum atomic E-state index is -0.723. The van der Waals surface area contributed by atoms with E-state index in [1.807, 2.05) is 61.5 Å². The summed E-state index contributed by atoms with van der Waals surface area (Å²) >= 11 is 0. The van der Waals surface area contributed by atoms with Crippen molar-refractivity contribution in [3.63, 3.8) is 0 Å². The van der Waals surface area contributed by atoms with Crippen LogP contribution in [0, 0.1) is 0 Å². The fraction of sp³-hybridized carbons (Fsp3) is 0.227. The van der Waals surface area contributed by atoms with Crippen molar-refractivity contribution < 1.29 is 9.53 Å². The molecule has 0 aliphatic carbocycles. The summed E-state index contributed by atoms with van der Waals surface area (Å²) in [6.45, 7) is 4.59. The zero-order valence-corrected chi connectivity index (χ0v) is 16.0. The zero-order valence-electron chi connectivity index (χ0n) is 16.0. The molecule has 0 fully saturated rings. The molecule has 3 aromatic rings. The molecule has 28 heavy (non-hydrogen) atoms. The van der Waals surface area contributed by atoms with E-state index >= 15 is 0 Å². The first-order chi connectivity index (χ1) is 13.6. The topological polar surface area (TPSA) is 73.2 Å². The minimum absolute atomic E-state index is 0.262. The third-order valence-corrected chi connectivity index (χ3v) is 4.34. The molecule has 0 aliphatic heterocycles. The van der Waals surface area contributed by atoms with Crippen molar-refractivity contribution in [2.45, 2.75) is 26.4 Å². The van der Waals surface area contributed by atoms with Gasteiger partial charge in [-0.1, -0.05) is 30.3 Å². The molecule has 0 bridgehead atoms. The van der Waals surface area contributed by atoms with E-state index in [0.717, 1.165) is 16.9 Å². The van der Waals surface area contributed by atoms with Crippen LogP contribution in [0.4, 0.5) is 0 Å². The van der Waals surface area contributed by atoms with Crippen molar-refractivity contribution in [1.29, 1.82) is 0 Å². The molecule has 0 spiro atoms. The molecule has 6 nitrogen and oxygen atoms in total. The predicted molar refractivity (Wildman–Crippen MR) is 108 cm³/mol. The Morgan fingerprint density at radius 1 is 1.07 bits per heavy atom. The molecule has 0 aliphatic rings. The van der Waals surface area contributed by atoms with Gasteiger partial charge in [-0.3, -0.25) is 9.59 Å². The summed E-state index contributed by atoms with van der Waals surface area (Å²) in [6.07, 6.45) is 0.